The Morgan fingerprint density at radius 2 is 1.95 bits per heavy atom. The number of aliphatic hydroxyl groups excluding tert-OH is 1. The number of cyclic esters (lactones) is 1. The molecule has 198 valence electrons. The molecule has 4 heterocycles. The van der Waals surface area contributed by atoms with Crippen LogP contribution in [-0.4, -0.2) is 71.3 Å². The number of ether oxygens (including phenoxy) is 2. The van der Waals surface area contributed by atoms with Gasteiger partial charge in [0.2, 0.25) is 5.91 Å². The Labute approximate surface area is 217 Å². The number of rotatable bonds is 4. The fourth-order valence-electron chi connectivity index (χ4n) is 6.39. The summed E-state index contributed by atoms with van der Waals surface area (Å²) in [4.78, 5) is 45.2. The molecule has 0 aliphatic carbocycles. The van der Waals surface area contributed by atoms with E-state index in [0.717, 1.165) is 36.1 Å². The lowest BCUT2D eigenvalue weighted by molar-refractivity contribution is -0.155. The van der Waals surface area contributed by atoms with Gasteiger partial charge in [0.1, 0.15) is 17.6 Å². The highest BCUT2D eigenvalue weighted by atomic mass is 16.6. The number of amides is 2. The summed E-state index contributed by atoms with van der Waals surface area (Å²) in [5.41, 5.74) is 1.40. The van der Waals surface area contributed by atoms with Crippen molar-refractivity contribution < 1.29 is 29.0 Å². The largest absolute Gasteiger partial charge is 0.465 e. The van der Waals surface area contributed by atoms with E-state index in [-0.39, 0.29) is 18.4 Å². The Balaban J connectivity index is 1.65. The third-order valence-corrected chi connectivity index (χ3v) is 8.27. The van der Waals surface area contributed by atoms with Crippen LogP contribution < -0.4 is 4.90 Å². The van der Waals surface area contributed by atoms with Crippen molar-refractivity contribution in [2.45, 2.75) is 70.2 Å². The van der Waals surface area contributed by atoms with E-state index in [2.05, 4.69) is 0 Å². The van der Waals surface area contributed by atoms with Crippen LogP contribution in [0.1, 0.15) is 43.7 Å². The van der Waals surface area contributed by atoms with Crippen molar-refractivity contribution >= 4 is 23.5 Å². The van der Waals surface area contributed by atoms with Gasteiger partial charge in [-0.25, -0.2) is 0 Å². The summed E-state index contributed by atoms with van der Waals surface area (Å²) in [6.07, 6.45) is 9.79. The first kappa shape index (κ1) is 25.7. The van der Waals surface area contributed by atoms with E-state index in [4.69, 9.17) is 9.47 Å². The van der Waals surface area contributed by atoms with Crippen molar-refractivity contribution in [1.29, 1.82) is 0 Å². The maximum absolute atomic E-state index is 14.4. The highest BCUT2D eigenvalue weighted by Gasteiger charge is 2.72. The maximum atomic E-state index is 14.4. The molecule has 4 aliphatic heterocycles. The number of likely N-dealkylation sites (tertiary alicyclic amines) is 1. The molecule has 2 amide bonds. The standard InChI is InChI=1S/C29H36N2O6/c1-4-20(17-32)31-25-27(34)30(21-16-18(2)11-12-19(21)3)14-9-13-29(25)24(26(31)33)23-22(37-29)10-7-5-6-8-15-36-28(23)35/h7,9-13,16,20,22-25,32H,4-6,8,14-15,17H2,1-3H3/b10-7-/t20-,22-,23+,24-,25?,29-/m0/s1. The van der Waals surface area contributed by atoms with Gasteiger partial charge in [0.05, 0.1) is 31.3 Å². The van der Waals surface area contributed by atoms with E-state index in [9.17, 15) is 19.5 Å². The SMILES string of the molecule is CC[C@@H](CO)N1C(=O)[C@@H]2[C@@H]3C(=O)OCCCC/C=C\[C@@H]3O[C@@]23C=CCN(c2cc(C)ccc2C)C(=O)C13. The Bertz CT molecular complexity index is 1140. The molecule has 0 aromatic heterocycles. The number of esters is 1. The molecule has 0 bridgehead atoms. The number of hydrogen-bond donors (Lipinski definition) is 1. The van der Waals surface area contributed by atoms with Crippen LogP contribution in [0.3, 0.4) is 0 Å². The average molecular weight is 509 g/mol. The number of carbonyl (C=O) groups excluding carboxylic acids is 3. The first-order chi connectivity index (χ1) is 17.8. The van der Waals surface area contributed by atoms with Crippen molar-refractivity contribution in [3.8, 4) is 0 Å². The Morgan fingerprint density at radius 1 is 1.14 bits per heavy atom. The lowest BCUT2D eigenvalue weighted by Gasteiger charge is -2.38. The number of carbonyl (C=O) groups is 3. The minimum Gasteiger partial charge on any atom is -0.465 e. The third kappa shape index (κ3) is 4.10. The van der Waals surface area contributed by atoms with Crippen LogP contribution in [0.25, 0.3) is 0 Å². The van der Waals surface area contributed by atoms with E-state index < -0.39 is 41.6 Å². The number of fused-ring (bicyclic) bond motifs is 2. The van der Waals surface area contributed by atoms with Gasteiger partial charge in [0, 0.05) is 12.2 Å². The van der Waals surface area contributed by atoms with Crippen LogP contribution in [0.5, 0.6) is 0 Å². The predicted octanol–water partition coefficient (Wildman–Crippen LogP) is 2.84. The second kappa shape index (κ2) is 10.1. The number of hydrogen-bond acceptors (Lipinski definition) is 6. The number of anilines is 1. The Hall–Kier alpha value is -2.97. The quantitative estimate of drug-likeness (QED) is 0.496. The highest BCUT2D eigenvalue weighted by Crippen LogP contribution is 2.54. The molecule has 0 saturated carbocycles. The zero-order valence-corrected chi connectivity index (χ0v) is 21.8. The van der Waals surface area contributed by atoms with Crippen molar-refractivity contribution in [1.82, 2.24) is 4.90 Å². The molecule has 0 radical (unpaired) electrons. The number of nitrogens with zero attached hydrogens (tertiary/aromatic N) is 2. The van der Waals surface area contributed by atoms with E-state index in [1.165, 1.54) is 4.90 Å². The van der Waals surface area contributed by atoms with E-state index >= 15 is 0 Å². The van der Waals surface area contributed by atoms with E-state index in [0.29, 0.717) is 19.6 Å². The zero-order valence-electron chi connectivity index (χ0n) is 21.8. The smallest absolute Gasteiger partial charge is 0.312 e. The summed E-state index contributed by atoms with van der Waals surface area (Å²) in [6.45, 7) is 6.11. The molecule has 8 heteroatoms. The fourth-order valence-corrected chi connectivity index (χ4v) is 6.39. The molecule has 5 rings (SSSR count). The summed E-state index contributed by atoms with van der Waals surface area (Å²) in [6, 6.07) is 4.35. The molecule has 1 spiro atoms. The molecule has 1 aromatic rings. The monoisotopic (exact) mass is 508 g/mol. The number of allylic oxidation sites excluding steroid dienone is 1. The Kier molecular flexibility index (Phi) is 6.98. The lowest BCUT2D eigenvalue weighted by Crippen LogP contribution is -2.58. The van der Waals surface area contributed by atoms with Gasteiger partial charge in [0.25, 0.3) is 5.91 Å². The summed E-state index contributed by atoms with van der Waals surface area (Å²) in [5.74, 6) is -2.88. The molecule has 6 atom stereocenters. The van der Waals surface area contributed by atoms with Gasteiger partial charge in [0.15, 0.2) is 0 Å². The zero-order chi connectivity index (χ0) is 26.3. The topological polar surface area (TPSA) is 96.4 Å². The minimum absolute atomic E-state index is 0.275. The van der Waals surface area contributed by atoms with Crippen LogP contribution in [0.4, 0.5) is 5.69 Å². The molecule has 1 aromatic carbocycles. The van der Waals surface area contributed by atoms with Gasteiger partial charge in [-0.3, -0.25) is 14.4 Å². The molecule has 1 unspecified atom stereocenters. The van der Waals surface area contributed by atoms with Crippen LogP contribution in [0.2, 0.25) is 0 Å². The van der Waals surface area contributed by atoms with Crippen LogP contribution >= 0.6 is 0 Å². The molecule has 2 saturated heterocycles. The molecule has 2 fully saturated rings. The summed E-state index contributed by atoms with van der Waals surface area (Å²) in [5, 5.41) is 10.2. The second-order valence-electron chi connectivity index (χ2n) is 10.6. The molecule has 1 N–H and O–H groups in total. The van der Waals surface area contributed by atoms with Crippen molar-refractivity contribution in [2.24, 2.45) is 11.8 Å². The van der Waals surface area contributed by atoms with Gasteiger partial charge in [-0.15, -0.1) is 0 Å². The number of aliphatic hydroxyl groups is 1. The second-order valence-corrected chi connectivity index (χ2v) is 10.6. The number of aryl methyl sites for hydroxylation is 2. The molecule has 37 heavy (non-hydrogen) atoms. The summed E-state index contributed by atoms with van der Waals surface area (Å²) >= 11 is 0. The van der Waals surface area contributed by atoms with E-state index in [1.807, 2.05) is 63.3 Å². The minimum atomic E-state index is -1.34. The molecular formula is C29H36N2O6. The average Bonchev–Trinajstić information content (AvgIpc) is 3.27. The van der Waals surface area contributed by atoms with Crippen molar-refractivity contribution in [3.05, 3.63) is 53.6 Å². The van der Waals surface area contributed by atoms with E-state index in [1.54, 1.807) is 4.90 Å². The Morgan fingerprint density at radius 3 is 2.70 bits per heavy atom. The predicted molar refractivity (Wildman–Crippen MR) is 138 cm³/mol. The summed E-state index contributed by atoms with van der Waals surface area (Å²) < 4.78 is 12.2. The summed E-state index contributed by atoms with van der Waals surface area (Å²) in [7, 11) is 0. The maximum Gasteiger partial charge on any atom is 0.312 e. The van der Waals surface area contributed by atoms with Crippen LogP contribution in [0.15, 0.2) is 42.5 Å². The van der Waals surface area contributed by atoms with Gasteiger partial charge < -0.3 is 24.4 Å². The van der Waals surface area contributed by atoms with Gasteiger partial charge in [-0.2, -0.15) is 0 Å². The van der Waals surface area contributed by atoms with Gasteiger partial charge in [-0.1, -0.05) is 43.4 Å². The highest BCUT2D eigenvalue weighted by molar-refractivity contribution is 6.06. The normalized spacial score (nSPS) is 33.4. The lowest BCUT2D eigenvalue weighted by atomic mass is 9.78. The third-order valence-electron chi connectivity index (χ3n) is 8.27. The molecule has 4 aliphatic rings. The first-order valence-electron chi connectivity index (χ1n) is 13.3. The first-order valence-corrected chi connectivity index (χ1v) is 13.3. The van der Waals surface area contributed by atoms with Crippen molar-refractivity contribution in [3.63, 3.8) is 0 Å². The number of benzene rings is 1. The van der Waals surface area contributed by atoms with Gasteiger partial charge >= 0.3 is 5.97 Å². The van der Waals surface area contributed by atoms with Crippen molar-refractivity contribution in [2.75, 3.05) is 24.7 Å². The van der Waals surface area contributed by atoms with Crippen LogP contribution in [-0.2, 0) is 23.9 Å². The van der Waals surface area contributed by atoms with Gasteiger partial charge in [-0.05, 0) is 56.7 Å². The molecule has 8 nitrogen and oxygen atoms in total. The molecular weight excluding hydrogens is 472 g/mol. The van der Waals surface area contributed by atoms with Crippen LogP contribution in [0, 0.1) is 25.7 Å². The fraction of sp³-hybridized carbons (Fsp3) is 0.552.